The Morgan fingerprint density at radius 3 is 3.09 bits per heavy atom. The van der Waals surface area contributed by atoms with Crippen LogP contribution in [0.1, 0.15) is 11.6 Å². The molecule has 0 amide bonds. The smallest absolute Gasteiger partial charge is 0.323 e. The third kappa shape index (κ3) is 0.899. The maximum atomic E-state index is 10.9. The van der Waals surface area contributed by atoms with Gasteiger partial charge < -0.3 is 4.74 Å². The summed E-state index contributed by atoms with van der Waals surface area (Å²) in [7, 11) is 0. The van der Waals surface area contributed by atoms with Crippen molar-refractivity contribution in [3.8, 4) is 0 Å². The number of nitrogens with one attached hydrogen (secondary N) is 1. The molecule has 11 heavy (non-hydrogen) atoms. The molecular weight excluding hydrogens is 146 g/mol. The van der Waals surface area contributed by atoms with Crippen LogP contribution in [0.3, 0.4) is 0 Å². The predicted molar refractivity (Wildman–Crippen MR) is 34.4 cm³/mol. The Balaban J connectivity index is 2.30. The zero-order chi connectivity index (χ0) is 7.68. The summed E-state index contributed by atoms with van der Waals surface area (Å²) in [6.45, 7) is 0. The Bertz CT molecular complexity index is 291. The highest BCUT2D eigenvalue weighted by molar-refractivity contribution is 5.82. The van der Waals surface area contributed by atoms with E-state index in [1.54, 1.807) is 6.08 Å². The minimum atomic E-state index is -0.381. The summed E-state index contributed by atoms with van der Waals surface area (Å²) < 4.78 is 4.59. The van der Waals surface area contributed by atoms with Crippen LogP contribution in [-0.2, 0) is 9.53 Å². The van der Waals surface area contributed by atoms with E-state index in [4.69, 9.17) is 0 Å². The maximum Gasteiger partial charge on any atom is 0.323 e. The SMILES string of the molecule is O=C1OC=CC1c1cn[nH]n1. The van der Waals surface area contributed by atoms with Gasteiger partial charge in [-0.2, -0.15) is 15.4 Å². The van der Waals surface area contributed by atoms with Crippen molar-refractivity contribution >= 4 is 5.97 Å². The first-order valence-electron chi connectivity index (χ1n) is 3.11. The fourth-order valence-electron chi connectivity index (χ4n) is 0.916. The van der Waals surface area contributed by atoms with Crippen LogP contribution >= 0.6 is 0 Å². The highest BCUT2D eigenvalue weighted by atomic mass is 16.5. The molecule has 0 bridgehead atoms. The molecule has 1 aliphatic heterocycles. The van der Waals surface area contributed by atoms with Crippen LogP contribution in [-0.4, -0.2) is 21.4 Å². The molecule has 0 saturated heterocycles. The van der Waals surface area contributed by atoms with Gasteiger partial charge in [0.05, 0.1) is 12.5 Å². The second-order valence-corrected chi connectivity index (χ2v) is 2.14. The van der Waals surface area contributed by atoms with Crippen LogP contribution in [0.2, 0.25) is 0 Å². The molecule has 5 nitrogen and oxygen atoms in total. The zero-order valence-corrected chi connectivity index (χ0v) is 5.52. The maximum absolute atomic E-state index is 10.9. The zero-order valence-electron chi connectivity index (χ0n) is 5.52. The van der Waals surface area contributed by atoms with Gasteiger partial charge >= 0.3 is 5.97 Å². The fraction of sp³-hybridized carbons (Fsp3) is 0.167. The molecule has 0 aliphatic carbocycles. The summed E-state index contributed by atoms with van der Waals surface area (Å²) >= 11 is 0. The third-order valence-corrected chi connectivity index (χ3v) is 1.46. The fourth-order valence-corrected chi connectivity index (χ4v) is 0.916. The second-order valence-electron chi connectivity index (χ2n) is 2.14. The molecule has 1 atom stereocenters. The number of rotatable bonds is 1. The minimum Gasteiger partial charge on any atom is -0.434 e. The quantitative estimate of drug-likeness (QED) is 0.572. The Morgan fingerprint density at radius 2 is 2.55 bits per heavy atom. The minimum absolute atomic E-state index is 0.307. The Morgan fingerprint density at radius 1 is 1.64 bits per heavy atom. The van der Waals surface area contributed by atoms with Crippen molar-refractivity contribution in [2.45, 2.75) is 5.92 Å². The molecule has 0 saturated carbocycles. The van der Waals surface area contributed by atoms with E-state index < -0.39 is 0 Å². The summed E-state index contributed by atoms with van der Waals surface area (Å²) in [6.07, 6.45) is 4.50. The van der Waals surface area contributed by atoms with Crippen molar-refractivity contribution in [3.63, 3.8) is 0 Å². The summed E-state index contributed by atoms with van der Waals surface area (Å²) in [5.74, 6) is -0.687. The number of cyclic esters (lactones) is 1. The summed E-state index contributed by atoms with van der Waals surface area (Å²) in [4.78, 5) is 10.9. The first kappa shape index (κ1) is 6.09. The van der Waals surface area contributed by atoms with E-state index >= 15 is 0 Å². The second kappa shape index (κ2) is 2.19. The highest BCUT2D eigenvalue weighted by Gasteiger charge is 2.25. The molecule has 1 unspecified atom stereocenters. The van der Waals surface area contributed by atoms with Crippen LogP contribution in [0.15, 0.2) is 18.5 Å². The van der Waals surface area contributed by atoms with Crippen molar-refractivity contribution in [1.29, 1.82) is 0 Å². The van der Waals surface area contributed by atoms with Gasteiger partial charge in [0.2, 0.25) is 0 Å². The summed E-state index contributed by atoms with van der Waals surface area (Å²) in [5.41, 5.74) is 0.587. The molecule has 0 spiro atoms. The van der Waals surface area contributed by atoms with Crippen LogP contribution in [0.4, 0.5) is 0 Å². The average molecular weight is 151 g/mol. The van der Waals surface area contributed by atoms with Gasteiger partial charge in [-0.3, -0.25) is 4.79 Å². The lowest BCUT2D eigenvalue weighted by atomic mass is 10.1. The molecule has 1 aromatic rings. The number of nitrogens with zero attached hydrogens (tertiary/aromatic N) is 2. The van der Waals surface area contributed by atoms with Gasteiger partial charge in [0.1, 0.15) is 11.6 Å². The third-order valence-electron chi connectivity index (χ3n) is 1.46. The molecular formula is C6H5N3O2. The van der Waals surface area contributed by atoms with Crippen molar-refractivity contribution in [2.24, 2.45) is 0 Å². The summed E-state index contributed by atoms with van der Waals surface area (Å²) in [5, 5.41) is 9.77. The molecule has 56 valence electrons. The number of ether oxygens (including phenoxy) is 1. The molecule has 0 fully saturated rings. The Labute approximate surface area is 62.1 Å². The van der Waals surface area contributed by atoms with Gasteiger partial charge in [-0.25, -0.2) is 0 Å². The van der Waals surface area contributed by atoms with Crippen LogP contribution in [0, 0.1) is 0 Å². The van der Waals surface area contributed by atoms with Crippen molar-refractivity contribution in [1.82, 2.24) is 15.4 Å². The molecule has 0 radical (unpaired) electrons. The van der Waals surface area contributed by atoms with Gasteiger partial charge in [-0.15, -0.1) is 0 Å². The van der Waals surface area contributed by atoms with E-state index in [-0.39, 0.29) is 11.9 Å². The number of aromatic amines is 1. The van der Waals surface area contributed by atoms with E-state index in [1.807, 2.05) is 0 Å². The van der Waals surface area contributed by atoms with Gasteiger partial charge in [0.15, 0.2) is 0 Å². The lowest BCUT2D eigenvalue weighted by Crippen LogP contribution is -2.06. The number of H-pyrrole nitrogens is 1. The van der Waals surface area contributed by atoms with Crippen molar-refractivity contribution < 1.29 is 9.53 Å². The highest BCUT2D eigenvalue weighted by Crippen LogP contribution is 2.20. The topological polar surface area (TPSA) is 67.9 Å². The molecule has 1 aromatic heterocycles. The largest absolute Gasteiger partial charge is 0.434 e. The van der Waals surface area contributed by atoms with Gasteiger partial charge in [0, 0.05) is 0 Å². The van der Waals surface area contributed by atoms with E-state index in [9.17, 15) is 4.79 Å². The Kier molecular flexibility index (Phi) is 1.21. The van der Waals surface area contributed by atoms with E-state index in [0.717, 1.165) is 0 Å². The van der Waals surface area contributed by atoms with E-state index in [2.05, 4.69) is 20.1 Å². The van der Waals surface area contributed by atoms with Crippen LogP contribution in [0.25, 0.3) is 0 Å². The van der Waals surface area contributed by atoms with Crippen molar-refractivity contribution in [2.75, 3.05) is 0 Å². The lowest BCUT2D eigenvalue weighted by Gasteiger charge is -1.96. The summed E-state index contributed by atoms with van der Waals surface area (Å²) in [6, 6.07) is 0. The molecule has 1 N–H and O–H groups in total. The predicted octanol–water partition coefficient (Wildman–Crippen LogP) is -0.0412. The van der Waals surface area contributed by atoms with Crippen molar-refractivity contribution in [3.05, 3.63) is 24.2 Å². The van der Waals surface area contributed by atoms with Crippen LogP contribution < -0.4 is 0 Å². The molecule has 1 aliphatic rings. The van der Waals surface area contributed by atoms with Gasteiger partial charge in [-0.1, -0.05) is 0 Å². The number of aromatic nitrogens is 3. The first-order chi connectivity index (χ1) is 5.38. The number of hydrogen-bond donors (Lipinski definition) is 1. The molecule has 2 rings (SSSR count). The standard InChI is InChI=1S/C6H5N3O2/c10-6-4(1-2-11-6)5-3-7-9-8-5/h1-4H,(H,7,8,9). The first-order valence-corrected chi connectivity index (χ1v) is 3.11. The number of esters is 1. The lowest BCUT2D eigenvalue weighted by molar-refractivity contribution is -0.136. The number of carbonyl (C=O) groups excluding carboxylic acids is 1. The van der Waals surface area contributed by atoms with E-state index in [1.165, 1.54) is 12.5 Å². The van der Waals surface area contributed by atoms with Gasteiger partial charge in [0.25, 0.3) is 0 Å². The number of carbonyl (C=O) groups is 1. The average Bonchev–Trinajstić information content (AvgIpc) is 2.55. The van der Waals surface area contributed by atoms with Gasteiger partial charge in [-0.05, 0) is 6.08 Å². The molecule has 2 heterocycles. The normalized spacial score (nSPS) is 22.2. The molecule has 5 heteroatoms. The van der Waals surface area contributed by atoms with E-state index in [0.29, 0.717) is 5.69 Å². The molecule has 0 aromatic carbocycles. The van der Waals surface area contributed by atoms with Crippen LogP contribution in [0.5, 0.6) is 0 Å². The number of hydrogen-bond acceptors (Lipinski definition) is 4. The monoisotopic (exact) mass is 151 g/mol. The Hall–Kier alpha value is -1.65.